The Kier molecular flexibility index (Phi) is 4.55. The molecule has 7 rings (SSSR count). The average Bonchev–Trinajstić information content (AvgIpc) is 2.92. The van der Waals surface area contributed by atoms with Crippen molar-refractivity contribution in [1.82, 2.24) is 0 Å². The molecule has 0 saturated carbocycles. The summed E-state index contributed by atoms with van der Waals surface area (Å²) >= 11 is 0. The lowest BCUT2D eigenvalue weighted by Gasteiger charge is -2.37. The molecule has 0 heterocycles. The highest BCUT2D eigenvalue weighted by molar-refractivity contribution is 6.13. The van der Waals surface area contributed by atoms with Gasteiger partial charge >= 0.3 is 0 Å². The van der Waals surface area contributed by atoms with Crippen molar-refractivity contribution in [2.75, 3.05) is 0 Å². The third kappa shape index (κ3) is 3.20. The molecule has 1 atom stereocenters. The van der Waals surface area contributed by atoms with Crippen molar-refractivity contribution in [3.05, 3.63) is 132 Å². The van der Waals surface area contributed by atoms with Crippen LogP contribution in [0.5, 0.6) is 0 Å². The SMILES string of the molecule is NC1(c2cccc3ccccc23)CCc2c(ccc3c2ccc2c(-c4ccccc4)cccc23)C1. The summed E-state index contributed by atoms with van der Waals surface area (Å²) in [6, 6.07) is 41.9. The molecule has 0 saturated heterocycles. The summed E-state index contributed by atoms with van der Waals surface area (Å²) in [5, 5.41) is 7.89. The molecular formula is C34H27N. The maximum Gasteiger partial charge on any atom is 0.0459 e. The van der Waals surface area contributed by atoms with E-state index in [0.717, 1.165) is 19.3 Å². The van der Waals surface area contributed by atoms with Gasteiger partial charge in [-0.25, -0.2) is 0 Å². The van der Waals surface area contributed by atoms with E-state index in [1.807, 2.05) is 0 Å². The summed E-state index contributed by atoms with van der Waals surface area (Å²) in [4.78, 5) is 0. The zero-order valence-corrected chi connectivity index (χ0v) is 19.7. The van der Waals surface area contributed by atoms with E-state index in [9.17, 15) is 0 Å². The van der Waals surface area contributed by atoms with Crippen molar-refractivity contribution in [2.45, 2.75) is 24.8 Å². The number of aryl methyl sites for hydroxylation is 1. The van der Waals surface area contributed by atoms with Gasteiger partial charge < -0.3 is 5.73 Å². The Morgan fingerprint density at radius 3 is 2.14 bits per heavy atom. The minimum atomic E-state index is -0.348. The molecule has 0 spiro atoms. The van der Waals surface area contributed by atoms with E-state index in [1.54, 1.807) is 0 Å². The first-order valence-corrected chi connectivity index (χ1v) is 12.5. The molecule has 0 aromatic heterocycles. The van der Waals surface area contributed by atoms with Crippen LogP contribution in [0.4, 0.5) is 0 Å². The van der Waals surface area contributed by atoms with E-state index >= 15 is 0 Å². The Hall–Kier alpha value is -3.94. The van der Waals surface area contributed by atoms with E-state index in [2.05, 4.69) is 115 Å². The summed E-state index contributed by atoms with van der Waals surface area (Å²) in [5.74, 6) is 0. The zero-order valence-electron chi connectivity index (χ0n) is 19.7. The lowest BCUT2D eigenvalue weighted by Crippen LogP contribution is -2.42. The second-order valence-electron chi connectivity index (χ2n) is 9.99. The van der Waals surface area contributed by atoms with Crippen LogP contribution in [-0.4, -0.2) is 0 Å². The van der Waals surface area contributed by atoms with Gasteiger partial charge in [0.25, 0.3) is 0 Å². The van der Waals surface area contributed by atoms with Crippen LogP contribution < -0.4 is 5.73 Å². The molecule has 168 valence electrons. The number of hydrogen-bond donors (Lipinski definition) is 1. The van der Waals surface area contributed by atoms with Crippen LogP contribution in [-0.2, 0) is 18.4 Å². The fourth-order valence-electron chi connectivity index (χ4n) is 6.28. The molecule has 1 unspecified atom stereocenters. The van der Waals surface area contributed by atoms with Crippen LogP contribution in [0.3, 0.4) is 0 Å². The van der Waals surface area contributed by atoms with Gasteiger partial charge in [-0.3, -0.25) is 0 Å². The van der Waals surface area contributed by atoms with Crippen molar-refractivity contribution in [1.29, 1.82) is 0 Å². The predicted octanol–water partition coefficient (Wildman–Crippen LogP) is 8.16. The molecule has 1 aliphatic carbocycles. The molecule has 0 fully saturated rings. The molecule has 0 aliphatic heterocycles. The van der Waals surface area contributed by atoms with Crippen LogP contribution in [0.25, 0.3) is 43.4 Å². The van der Waals surface area contributed by atoms with Crippen LogP contribution in [0.15, 0.2) is 115 Å². The van der Waals surface area contributed by atoms with E-state index < -0.39 is 0 Å². The molecule has 0 amide bonds. The topological polar surface area (TPSA) is 26.0 Å². The summed E-state index contributed by atoms with van der Waals surface area (Å²) in [5.41, 5.74) is 13.5. The standard InChI is InChI=1S/C34H27N/c35-34(33-15-6-11-24-10-4-5-12-28(24)33)21-20-27-25(22-34)16-17-32-29-14-7-13-26(23-8-2-1-3-9-23)30(29)18-19-31(27)32/h1-19H,20-22,35H2. The molecule has 0 radical (unpaired) electrons. The van der Waals surface area contributed by atoms with E-state index in [0.29, 0.717) is 0 Å². The van der Waals surface area contributed by atoms with Gasteiger partial charge in [0.05, 0.1) is 0 Å². The van der Waals surface area contributed by atoms with Gasteiger partial charge in [-0.2, -0.15) is 0 Å². The third-order valence-electron chi connectivity index (χ3n) is 8.00. The number of benzene rings is 6. The lowest BCUT2D eigenvalue weighted by molar-refractivity contribution is 0.389. The highest BCUT2D eigenvalue weighted by Crippen LogP contribution is 2.42. The number of rotatable bonds is 2. The summed E-state index contributed by atoms with van der Waals surface area (Å²) in [6.45, 7) is 0. The molecule has 1 heteroatoms. The van der Waals surface area contributed by atoms with E-state index in [4.69, 9.17) is 5.73 Å². The van der Waals surface area contributed by atoms with Crippen molar-refractivity contribution in [2.24, 2.45) is 5.73 Å². The Bertz CT molecular complexity index is 1730. The van der Waals surface area contributed by atoms with Crippen molar-refractivity contribution in [3.63, 3.8) is 0 Å². The second kappa shape index (κ2) is 7.80. The average molecular weight is 450 g/mol. The maximum atomic E-state index is 7.18. The van der Waals surface area contributed by atoms with Gasteiger partial charge in [-0.1, -0.05) is 115 Å². The molecular weight excluding hydrogens is 422 g/mol. The quantitative estimate of drug-likeness (QED) is 0.265. The number of nitrogens with two attached hydrogens (primary N) is 1. The second-order valence-corrected chi connectivity index (χ2v) is 9.99. The van der Waals surface area contributed by atoms with Crippen molar-refractivity contribution >= 4 is 32.3 Å². The van der Waals surface area contributed by atoms with Crippen LogP contribution in [0.2, 0.25) is 0 Å². The molecule has 0 bridgehead atoms. The fourth-order valence-corrected chi connectivity index (χ4v) is 6.28. The Labute approximate surface area is 205 Å². The molecule has 1 nitrogen and oxygen atoms in total. The zero-order chi connectivity index (χ0) is 23.4. The minimum absolute atomic E-state index is 0.348. The number of fused-ring (bicyclic) bond motifs is 6. The maximum absolute atomic E-state index is 7.18. The Morgan fingerprint density at radius 2 is 1.23 bits per heavy atom. The van der Waals surface area contributed by atoms with Gasteiger partial charge in [0.2, 0.25) is 0 Å². The smallest absolute Gasteiger partial charge is 0.0459 e. The normalized spacial score (nSPS) is 17.6. The molecule has 1 aliphatic rings. The summed E-state index contributed by atoms with van der Waals surface area (Å²) in [6.07, 6.45) is 2.82. The monoisotopic (exact) mass is 449 g/mol. The lowest BCUT2D eigenvalue weighted by atomic mass is 9.72. The van der Waals surface area contributed by atoms with Crippen LogP contribution >= 0.6 is 0 Å². The van der Waals surface area contributed by atoms with Gasteiger partial charge in [0.1, 0.15) is 0 Å². The molecule has 2 N–H and O–H groups in total. The first-order valence-electron chi connectivity index (χ1n) is 12.5. The van der Waals surface area contributed by atoms with Gasteiger partial charge in [-0.15, -0.1) is 0 Å². The van der Waals surface area contributed by atoms with Gasteiger partial charge in [-0.05, 0) is 79.4 Å². The van der Waals surface area contributed by atoms with Gasteiger partial charge in [0, 0.05) is 5.54 Å². The molecule has 35 heavy (non-hydrogen) atoms. The van der Waals surface area contributed by atoms with E-state index in [1.165, 1.54) is 60.1 Å². The minimum Gasteiger partial charge on any atom is -0.321 e. The summed E-state index contributed by atoms with van der Waals surface area (Å²) in [7, 11) is 0. The number of hydrogen-bond acceptors (Lipinski definition) is 1. The van der Waals surface area contributed by atoms with Crippen molar-refractivity contribution < 1.29 is 0 Å². The van der Waals surface area contributed by atoms with Crippen LogP contribution in [0.1, 0.15) is 23.1 Å². The first-order chi connectivity index (χ1) is 17.2. The van der Waals surface area contributed by atoms with E-state index in [-0.39, 0.29) is 5.54 Å². The molecule has 6 aromatic carbocycles. The fraction of sp³-hybridized carbons (Fsp3) is 0.118. The Balaban J connectivity index is 1.36. The predicted molar refractivity (Wildman–Crippen MR) is 149 cm³/mol. The summed E-state index contributed by atoms with van der Waals surface area (Å²) < 4.78 is 0. The highest BCUT2D eigenvalue weighted by Gasteiger charge is 2.34. The Morgan fingerprint density at radius 1 is 0.543 bits per heavy atom. The van der Waals surface area contributed by atoms with Gasteiger partial charge in [0.15, 0.2) is 0 Å². The third-order valence-corrected chi connectivity index (χ3v) is 8.00. The van der Waals surface area contributed by atoms with Crippen molar-refractivity contribution in [3.8, 4) is 11.1 Å². The van der Waals surface area contributed by atoms with Crippen LogP contribution in [0, 0.1) is 0 Å². The molecule has 6 aromatic rings. The first kappa shape index (κ1) is 20.4. The highest BCUT2D eigenvalue weighted by atomic mass is 14.7. The largest absolute Gasteiger partial charge is 0.321 e.